The quantitative estimate of drug-likeness (QED) is 0.729. The predicted molar refractivity (Wildman–Crippen MR) is 110 cm³/mol. The molecule has 2 atom stereocenters. The molecule has 1 aliphatic heterocycles. The van der Waals surface area contributed by atoms with Gasteiger partial charge in [-0.1, -0.05) is 0 Å². The molecule has 5 rings (SSSR count). The Balaban J connectivity index is 1.69. The maximum atomic E-state index is 12.5. The summed E-state index contributed by atoms with van der Waals surface area (Å²) in [5, 5.41) is 0.989. The number of morpholine rings is 1. The Morgan fingerprint density at radius 2 is 2.18 bits per heavy atom. The fourth-order valence-electron chi connectivity index (χ4n) is 3.96. The minimum Gasteiger partial charge on any atom is -0.377 e. The molecular formula is C20H23N5O2S. The number of aromatic amines is 1. The van der Waals surface area contributed by atoms with Gasteiger partial charge in [0.05, 0.1) is 29.7 Å². The van der Waals surface area contributed by atoms with Crippen LogP contribution in [-0.4, -0.2) is 56.2 Å². The highest BCUT2D eigenvalue weighted by atomic mass is 32.2. The van der Waals surface area contributed by atoms with Crippen molar-refractivity contribution >= 4 is 27.7 Å². The first-order chi connectivity index (χ1) is 13.6. The van der Waals surface area contributed by atoms with Crippen LogP contribution >= 0.6 is 0 Å². The summed E-state index contributed by atoms with van der Waals surface area (Å²) in [6, 6.07) is 6.21. The van der Waals surface area contributed by atoms with E-state index in [1.54, 1.807) is 12.5 Å². The Morgan fingerprint density at radius 1 is 1.32 bits per heavy atom. The van der Waals surface area contributed by atoms with Gasteiger partial charge in [-0.3, -0.25) is 4.21 Å². The monoisotopic (exact) mass is 397 g/mol. The molecule has 8 heteroatoms. The molecular weight excluding hydrogens is 374 g/mol. The van der Waals surface area contributed by atoms with Crippen molar-refractivity contribution < 1.29 is 8.95 Å². The van der Waals surface area contributed by atoms with Crippen LogP contribution in [0, 0.1) is 0 Å². The Kier molecular flexibility index (Phi) is 4.21. The van der Waals surface area contributed by atoms with Gasteiger partial charge in [-0.2, -0.15) is 0 Å². The van der Waals surface area contributed by atoms with Crippen LogP contribution in [0.1, 0.15) is 25.5 Å². The first-order valence-electron chi connectivity index (χ1n) is 9.58. The Morgan fingerprint density at radius 3 is 2.93 bits per heavy atom. The van der Waals surface area contributed by atoms with Crippen molar-refractivity contribution in [3.05, 3.63) is 36.3 Å². The number of aromatic nitrogens is 4. The molecule has 0 spiro atoms. The standard InChI is InChI=1S/C20H23N5O2S/c1-13-12-27-10-9-25(13)17-11-16(20(5-6-20)28(2)26)23-19(24-17)15-4-8-22-18-14(15)3-7-21-18/h3-4,7-8,11,13H,5-6,9-10,12H2,1-2H3,(H,21,22)/t13-,28+/m1/s1. The number of hydrogen-bond acceptors (Lipinski definition) is 6. The highest BCUT2D eigenvalue weighted by Crippen LogP contribution is 2.50. The zero-order chi connectivity index (χ0) is 19.3. The number of rotatable bonds is 4. The second-order valence-electron chi connectivity index (χ2n) is 7.60. The number of nitrogens with zero attached hydrogens (tertiary/aromatic N) is 4. The second-order valence-corrected chi connectivity index (χ2v) is 9.29. The van der Waals surface area contributed by atoms with Crippen molar-refractivity contribution in [2.75, 3.05) is 30.9 Å². The van der Waals surface area contributed by atoms with E-state index in [1.807, 2.05) is 24.4 Å². The molecule has 0 amide bonds. The van der Waals surface area contributed by atoms with E-state index in [9.17, 15) is 4.21 Å². The number of hydrogen-bond donors (Lipinski definition) is 1. The van der Waals surface area contributed by atoms with Gasteiger partial charge in [0, 0.05) is 53.0 Å². The zero-order valence-electron chi connectivity index (χ0n) is 16.0. The summed E-state index contributed by atoms with van der Waals surface area (Å²) in [5.74, 6) is 1.54. The molecule has 1 N–H and O–H groups in total. The summed E-state index contributed by atoms with van der Waals surface area (Å²) in [6.07, 6.45) is 7.23. The Labute approximate surface area is 166 Å². The summed E-state index contributed by atoms with van der Waals surface area (Å²) in [5.41, 5.74) is 2.63. The molecule has 2 fully saturated rings. The average molecular weight is 398 g/mol. The van der Waals surface area contributed by atoms with Gasteiger partial charge in [-0.05, 0) is 31.9 Å². The van der Waals surface area contributed by atoms with Crippen molar-refractivity contribution in [3.8, 4) is 11.4 Å². The number of pyridine rings is 1. The number of nitrogens with one attached hydrogen (secondary N) is 1. The first-order valence-corrected chi connectivity index (χ1v) is 11.1. The van der Waals surface area contributed by atoms with Crippen molar-refractivity contribution in [2.45, 2.75) is 30.6 Å². The lowest BCUT2D eigenvalue weighted by atomic mass is 10.1. The summed E-state index contributed by atoms with van der Waals surface area (Å²) in [6.45, 7) is 4.29. The van der Waals surface area contributed by atoms with Crippen LogP contribution in [0.2, 0.25) is 0 Å². The molecule has 0 aromatic carbocycles. The third kappa shape index (κ3) is 2.82. The first kappa shape index (κ1) is 17.8. The van der Waals surface area contributed by atoms with E-state index in [4.69, 9.17) is 14.7 Å². The number of ether oxygens (including phenoxy) is 1. The molecule has 2 aliphatic rings. The minimum atomic E-state index is -0.974. The van der Waals surface area contributed by atoms with E-state index in [0.717, 1.165) is 47.5 Å². The third-order valence-electron chi connectivity index (χ3n) is 5.80. The normalized spacial score (nSPS) is 22.4. The van der Waals surface area contributed by atoms with Crippen molar-refractivity contribution in [1.29, 1.82) is 0 Å². The molecule has 0 unspecified atom stereocenters. The van der Waals surface area contributed by atoms with Crippen LogP contribution in [0.25, 0.3) is 22.4 Å². The molecule has 28 heavy (non-hydrogen) atoms. The molecule has 1 saturated carbocycles. The summed E-state index contributed by atoms with van der Waals surface area (Å²) in [4.78, 5) is 19.6. The minimum absolute atomic E-state index is 0.233. The Bertz CT molecular complexity index is 1060. The van der Waals surface area contributed by atoms with Crippen LogP contribution < -0.4 is 4.90 Å². The van der Waals surface area contributed by atoms with E-state index in [-0.39, 0.29) is 10.8 Å². The molecule has 146 valence electrons. The lowest BCUT2D eigenvalue weighted by molar-refractivity contribution is 0.0985. The predicted octanol–water partition coefficient (Wildman–Crippen LogP) is 2.61. The fourth-order valence-corrected chi connectivity index (χ4v) is 5.04. The van der Waals surface area contributed by atoms with Crippen LogP contribution in [0.15, 0.2) is 30.6 Å². The van der Waals surface area contributed by atoms with Gasteiger partial charge in [0.15, 0.2) is 5.82 Å². The maximum absolute atomic E-state index is 12.5. The molecule has 4 heterocycles. The van der Waals surface area contributed by atoms with E-state index in [2.05, 4.69) is 21.8 Å². The van der Waals surface area contributed by atoms with Crippen molar-refractivity contribution in [1.82, 2.24) is 19.9 Å². The second kappa shape index (κ2) is 6.63. The summed E-state index contributed by atoms with van der Waals surface area (Å²) < 4.78 is 17.8. The number of anilines is 1. The smallest absolute Gasteiger partial charge is 0.162 e. The molecule has 1 aliphatic carbocycles. The SMILES string of the molecule is C[C@@H]1COCCN1c1cc(C2([S@](C)=O)CC2)nc(-c2ccnc3[nH]ccc23)n1. The molecule has 1 saturated heterocycles. The topological polar surface area (TPSA) is 84.0 Å². The average Bonchev–Trinajstić information content (AvgIpc) is 3.39. The van der Waals surface area contributed by atoms with E-state index < -0.39 is 10.8 Å². The van der Waals surface area contributed by atoms with Gasteiger partial charge >= 0.3 is 0 Å². The number of fused-ring (bicyclic) bond motifs is 1. The lowest BCUT2D eigenvalue weighted by Crippen LogP contribution is -2.44. The van der Waals surface area contributed by atoms with Crippen molar-refractivity contribution in [2.24, 2.45) is 0 Å². The summed E-state index contributed by atoms with van der Waals surface area (Å²) >= 11 is 0. The van der Waals surface area contributed by atoms with Gasteiger partial charge in [-0.15, -0.1) is 0 Å². The van der Waals surface area contributed by atoms with Gasteiger partial charge in [0.1, 0.15) is 11.5 Å². The molecule has 7 nitrogen and oxygen atoms in total. The maximum Gasteiger partial charge on any atom is 0.162 e. The molecule has 0 bridgehead atoms. The van der Waals surface area contributed by atoms with E-state index in [1.165, 1.54) is 0 Å². The van der Waals surface area contributed by atoms with E-state index in [0.29, 0.717) is 19.0 Å². The zero-order valence-corrected chi connectivity index (χ0v) is 16.8. The molecule has 3 aromatic rings. The van der Waals surface area contributed by atoms with Gasteiger partial charge in [0.2, 0.25) is 0 Å². The highest BCUT2D eigenvalue weighted by molar-refractivity contribution is 7.85. The number of H-pyrrole nitrogens is 1. The van der Waals surface area contributed by atoms with Crippen LogP contribution in [0.4, 0.5) is 5.82 Å². The van der Waals surface area contributed by atoms with Gasteiger partial charge < -0.3 is 14.6 Å². The van der Waals surface area contributed by atoms with Crippen molar-refractivity contribution in [3.63, 3.8) is 0 Å². The Hall–Kier alpha value is -2.32. The van der Waals surface area contributed by atoms with Gasteiger partial charge in [-0.25, -0.2) is 15.0 Å². The summed E-state index contributed by atoms with van der Waals surface area (Å²) in [7, 11) is -0.974. The fraction of sp³-hybridized carbons (Fsp3) is 0.450. The highest BCUT2D eigenvalue weighted by Gasteiger charge is 2.50. The van der Waals surface area contributed by atoms with Crippen LogP contribution in [0.3, 0.4) is 0 Å². The molecule has 0 radical (unpaired) electrons. The van der Waals surface area contributed by atoms with Crippen LogP contribution in [0.5, 0.6) is 0 Å². The van der Waals surface area contributed by atoms with E-state index >= 15 is 0 Å². The van der Waals surface area contributed by atoms with Gasteiger partial charge in [0.25, 0.3) is 0 Å². The molecule has 3 aromatic heterocycles. The third-order valence-corrected chi connectivity index (χ3v) is 7.51. The van der Waals surface area contributed by atoms with Crippen LogP contribution in [-0.2, 0) is 20.3 Å². The lowest BCUT2D eigenvalue weighted by Gasteiger charge is -2.34. The largest absolute Gasteiger partial charge is 0.377 e.